The van der Waals surface area contributed by atoms with Crippen molar-refractivity contribution in [1.29, 1.82) is 0 Å². The minimum Gasteiger partial charge on any atom is -0.383 e. The van der Waals surface area contributed by atoms with Gasteiger partial charge in [-0.3, -0.25) is 9.59 Å². The van der Waals surface area contributed by atoms with Crippen LogP contribution in [-0.4, -0.2) is 27.9 Å². The average Bonchev–Trinajstić information content (AvgIpc) is 2.83. The van der Waals surface area contributed by atoms with Crippen LogP contribution in [0.2, 0.25) is 0 Å². The SMILES string of the molecule is CCCCCCCCCC(=O)n1nc(SC)c(C(N)=O)c1N. The number of rotatable bonds is 10. The molecule has 0 unspecified atom stereocenters. The summed E-state index contributed by atoms with van der Waals surface area (Å²) in [6, 6.07) is 0. The van der Waals surface area contributed by atoms with E-state index in [1.54, 1.807) is 6.26 Å². The minimum atomic E-state index is -0.656. The molecule has 1 amide bonds. The number of carbonyl (C=O) groups excluding carboxylic acids is 2. The third-order valence-corrected chi connectivity index (χ3v) is 4.23. The van der Waals surface area contributed by atoms with Crippen LogP contribution in [0.25, 0.3) is 0 Å². The summed E-state index contributed by atoms with van der Waals surface area (Å²) in [6.45, 7) is 2.19. The summed E-state index contributed by atoms with van der Waals surface area (Å²) in [7, 11) is 0. The molecule has 0 radical (unpaired) electrons. The van der Waals surface area contributed by atoms with Gasteiger partial charge in [0.25, 0.3) is 5.91 Å². The standard InChI is InChI=1S/C15H26N4O2S/c1-3-4-5-6-7-8-9-10-11(20)19-13(16)12(14(17)21)15(18-19)22-2/h3-10,16H2,1-2H3,(H2,17,21). The van der Waals surface area contributed by atoms with Gasteiger partial charge in [-0.15, -0.1) is 11.8 Å². The Hall–Kier alpha value is -1.50. The molecular formula is C15H26N4O2S. The van der Waals surface area contributed by atoms with Crippen LogP contribution in [-0.2, 0) is 0 Å². The number of nitrogens with two attached hydrogens (primary N) is 2. The Morgan fingerprint density at radius 2 is 1.73 bits per heavy atom. The van der Waals surface area contributed by atoms with Gasteiger partial charge >= 0.3 is 0 Å². The van der Waals surface area contributed by atoms with Crippen molar-refractivity contribution >= 4 is 29.4 Å². The molecule has 4 N–H and O–H groups in total. The fourth-order valence-electron chi connectivity index (χ4n) is 2.31. The van der Waals surface area contributed by atoms with Crippen molar-refractivity contribution in [3.8, 4) is 0 Å². The summed E-state index contributed by atoms with van der Waals surface area (Å²) in [6.07, 6.45) is 10.1. The highest BCUT2D eigenvalue weighted by atomic mass is 32.2. The molecule has 7 heteroatoms. The number of thioether (sulfide) groups is 1. The predicted molar refractivity (Wildman–Crippen MR) is 90.2 cm³/mol. The first-order valence-corrected chi connectivity index (χ1v) is 9.00. The number of amides is 1. The van der Waals surface area contributed by atoms with Crippen LogP contribution in [0.5, 0.6) is 0 Å². The molecule has 0 aliphatic rings. The molecule has 22 heavy (non-hydrogen) atoms. The van der Waals surface area contributed by atoms with E-state index in [0.29, 0.717) is 11.4 Å². The average molecular weight is 326 g/mol. The monoisotopic (exact) mass is 326 g/mol. The first-order valence-electron chi connectivity index (χ1n) is 7.78. The number of primary amides is 1. The highest BCUT2D eigenvalue weighted by Gasteiger charge is 2.22. The summed E-state index contributed by atoms with van der Waals surface area (Å²) >= 11 is 1.25. The van der Waals surface area contributed by atoms with Gasteiger partial charge in [-0.05, 0) is 12.7 Å². The smallest absolute Gasteiger partial charge is 0.255 e. The first kappa shape index (κ1) is 18.5. The van der Waals surface area contributed by atoms with E-state index in [1.165, 1.54) is 37.4 Å². The normalized spacial score (nSPS) is 10.8. The summed E-state index contributed by atoms with van der Waals surface area (Å²) in [5.74, 6) is -0.796. The third-order valence-electron chi connectivity index (χ3n) is 3.56. The molecule has 0 atom stereocenters. The molecule has 0 aromatic carbocycles. The summed E-state index contributed by atoms with van der Waals surface area (Å²) in [5, 5.41) is 4.49. The van der Waals surface area contributed by atoms with Crippen LogP contribution in [0, 0.1) is 0 Å². The topological polar surface area (TPSA) is 104 Å². The van der Waals surface area contributed by atoms with Crippen LogP contribution < -0.4 is 11.5 Å². The van der Waals surface area contributed by atoms with E-state index in [9.17, 15) is 9.59 Å². The van der Waals surface area contributed by atoms with Crippen molar-refractivity contribution in [1.82, 2.24) is 9.78 Å². The second kappa shape index (κ2) is 9.50. The minimum absolute atomic E-state index is 0.0461. The molecule has 124 valence electrons. The second-order valence-electron chi connectivity index (χ2n) is 5.31. The van der Waals surface area contributed by atoms with E-state index < -0.39 is 5.91 Å². The van der Waals surface area contributed by atoms with E-state index in [1.807, 2.05) is 0 Å². The first-order chi connectivity index (χ1) is 10.5. The Kier molecular flexibility index (Phi) is 8.01. The van der Waals surface area contributed by atoms with Crippen molar-refractivity contribution < 1.29 is 9.59 Å². The van der Waals surface area contributed by atoms with Crippen molar-refractivity contribution in [2.24, 2.45) is 5.73 Å². The van der Waals surface area contributed by atoms with Gasteiger partial charge in [-0.1, -0.05) is 45.4 Å². The number of aromatic nitrogens is 2. The maximum Gasteiger partial charge on any atom is 0.255 e. The highest BCUT2D eigenvalue weighted by Crippen LogP contribution is 2.24. The number of nitrogen functional groups attached to an aromatic ring is 1. The third kappa shape index (κ3) is 5.05. The Balaban J connectivity index is 2.51. The Morgan fingerprint density at radius 1 is 1.14 bits per heavy atom. The van der Waals surface area contributed by atoms with Crippen molar-refractivity contribution in [3.63, 3.8) is 0 Å². The van der Waals surface area contributed by atoms with Gasteiger partial charge in [0.1, 0.15) is 16.4 Å². The Morgan fingerprint density at radius 3 is 2.23 bits per heavy atom. The summed E-state index contributed by atoms with van der Waals surface area (Å²) in [4.78, 5) is 23.6. The summed E-state index contributed by atoms with van der Waals surface area (Å²) in [5.41, 5.74) is 11.3. The molecule has 1 aromatic heterocycles. The number of unbranched alkanes of at least 4 members (excludes halogenated alkanes) is 6. The molecule has 0 fully saturated rings. The van der Waals surface area contributed by atoms with Crippen LogP contribution in [0.3, 0.4) is 0 Å². The highest BCUT2D eigenvalue weighted by molar-refractivity contribution is 7.98. The van der Waals surface area contributed by atoms with E-state index >= 15 is 0 Å². The molecule has 0 aliphatic heterocycles. The van der Waals surface area contributed by atoms with Crippen LogP contribution in [0.4, 0.5) is 5.82 Å². The maximum absolute atomic E-state index is 12.2. The molecule has 0 saturated carbocycles. The molecule has 1 aromatic rings. The van der Waals surface area contributed by atoms with Crippen molar-refractivity contribution in [2.45, 2.75) is 63.3 Å². The molecular weight excluding hydrogens is 300 g/mol. The van der Waals surface area contributed by atoms with Crippen molar-refractivity contribution in [2.75, 3.05) is 12.0 Å². The predicted octanol–water partition coefficient (Wildman–Crippen LogP) is 3.07. The molecule has 1 rings (SSSR count). The van der Waals surface area contributed by atoms with Crippen LogP contribution in [0.15, 0.2) is 5.03 Å². The molecule has 0 bridgehead atoms. The Bertz CT molecular complexity index is 514. The molecule has 0 aliphatic carbocycles. The number of hydrogen-bond acceptors (Lipinski definition) is 5. The lowest BCUT2D eigenvalue weighted by atomic mass is 10.1. The largest absolute Gasteiger partial charge is 0.383 e. The van der Waals surface area contributed by atoms with E-state index in [0.717, 1.165) is 23.9 Å². The lowest BCUT2D eigenvalue weighted by Gasteiger charge is -2.03. The molecule has 1 heterocycles. The van der Waals surface area contributed by atoms with Gasteiger partial charge < -0.3 is 11.5 Å². The van der Waals surface area contributed by atoms with Gasteiger partial charge in [0, 0.05) is 6.42 Å². The maximum atomic E-state index is 12.2. The van der Waals surface area contributed by atoms with Crippen LogP contribution in [0.1, 0.15) is 73.4 Å². The Labute approximate surface area is 136 Å². The quantitative estimate of drug-likeness (QED) is 0.508. The molecule has 0 saturated heterocycles. The number of hydrogen-bond donors (Lipinski definition) is 2. The lowest BCUT2D eigenvalue weighted by Crippen LogP contribution is -2.17. The number of carbonyl (C=O) groups is 2. The lowest BCUT2D eigenvalue weighted by molar-refractivity contribution is 0.0884. The van der Waals surface area contributed by atoms with E-state index in [-0.39, 0.29) is 17.3 Å². The van der Waals surface area contributed by atoms with Gasteiger partial charge in [0.15, 0.2) is 0 Å². The zero-order valence-electron chi connectivity index (χ0n) is 13.4. The number of anilines is 1. The zero-order chi connectivity index (χ0) is 16.5. The van der Waals surface area contributed by atoms with Gasteiger partial charge in [0.2, 0.25) is 5.91 Å². The van der Waals surface area contributed by atoms with Gasteiger partial charge in [0.05, 0.1) is 0 Å². The van der Waals surface area contributed by atoms with Gasteiger partial charge in [-0.25, -0.2) is 0 Å². The van der Waals surface area contributed by atoms with Crippen molar-refractivity contribution in [3.05, 3.63) is 5.56 Å². The zero-order valence-corrected chi connectivity index (χ0v) is 14.2. The number of nitrogens with zero attached hydrogens (tertiary/aromatic N) is 2. The fraction of sp³-hybridized carbons (Fsp3) is 0.667. The van der Waals surface area contributed by atoms with E-state index in [4.69, 9.17) is 11.5 Å². The fourth-order valence-corrected chi connectivity index (χ4v) is 2.89. The summed E-state index contributed by atoms with van der Waals surface area (Å²) < 4.78 is 1.11. The van der Waals surface area contributed by atoms with E-state index in [2.05, 4.69) is 12.0 Å². The molecule has 6 nitrogen and oxygen atoms in total. The molecule has 0 spiro atoms. The second-order valence-corrected chi connectivity index (χ2v) is 6.11. The van der Waals surface area contributed by atoms with Gasteiger partial charge in [-0.2, -0.15) is 9.78 Å². The van der Waals surface area contributed by atoms with Crippen LogP contribution >= 0.6 is 11.8 Å².